The molecule has 0 spiro atoms. The summed E-state index contributed by atoms with van der Waals surface area (Å²) in [5.41, 5.74) is 0.391. The second kappa shape index (κ2) is 4.82. The number of aromatic nitrogens is 3. The summed E-state index contributed by atoms with van der Waals surface area (Å²) in [5.74, 6) is 3.20. The summed E-state index contributed by atoms with van der Waals surface area (Å²) in [6.45, 7) is 9.76. The number of aryl methyl sites for hydroxylation is 1. The summed E-state index contributed by atoms with van der Waals surface area (Å²) in [5, 5.41) is 4.14. The van der Waals surface area contributed by atoms with Crippen LogP contribution in [0.2, 0.25) is 0 Å². The molecule has 0 unspecified atom stereocenters. The average molecular weight is 213 g/mol. The summed E-state index contributed by atoms with van der Waals surface area (Å²) in [7, 11) is 0. The van der Waals surface area contributed by atoms with Gasteiger partial charge in [-0.1, -0.05) is 20.8 Å². The molecule has 0 bridgehead atoms. The Morgan fingerprint density at radius 3 is 2.71 bits per heavy atom. The Morgan fingerprint density at radius 2 is 2.14 bits per heavy atom. The second-order valence-corrected chi connectivity index (χ2v) is 5.53. The molecule has 0 amide bonds. The molecule has 0 saturated heterocycles. The SMILES string of the molecule is CCn1ncnc1CSCC(C)(C)C. The maximum absolute atomic E-state index is 4.24. The Morgan fingerprint density at radius 1 is 1.43 bits per heavy atom. The molecule has 0 aromatic carbocycles. The van der Waals surface area contributed by atoms with E-state index in [1.54, 1.807) is 6.33 Å². The van der Waals surface area contributed by atoms with E-state index in [4.69, 9.17) is 0 Å². The highest BCUT2D eigenvalue weighted by Crippen LogP contribution is 2.22. The van der Waals surface area contributed by atoms with E-state index in [9.17, 15) is 0 Å². The Bertz CT molecular complexity index is 275. The highest BCUT2D eigenvalue weighted by atomic mass is 32.2. The van der Waals surface area contributed by atoms with Crippen molar-refractivity contribution >= 4 is 11.8 Å². The predicted molar refractivity (Wildman–Crippen MR) is 61.3 cm³/mol. The first-order chi connectivity index (χ1) is 6.53. The Kier molecular flexibility index (Phi) is 3.98. The van der Waals surface area contributed by atoms with Crippen LogP contribution in [0.15, 0.2) is 6.33 Å². The lowest BCUT2D eigenvalue weighted by atomic mass is 10.0. The normalized spacial score (nSPS) is 12.0. The zero-order valence-corrected chi connectivity index (χ0v) is 10.3. The van der Waals surface area contributed by atoms with Gasteiger partial charge in [0.1, 0.15) is 12.2 Å². The molecule has 0 fully saturated rings. The molecular formula is C10H19N3S. The predicted octanol–water partition coefficient (Wildman–Crippen LogP) is 2.58. The lowest BCUT2D eigenvalue weighted by Gasteiger charge is -2.16. The minimum Gasteiger partial charge on any atom is -0.250 e. The third-order valence-electron chi connectivity index (χ3n) is 1.76. The van der Waals surface area contributed by atoms with Crippen LogP contribution >= 0.6 is 11.8 Å². The van der Waals surface area contributed by atoms with Crippen molar-refractivity contribution in [3.63, 3.8) is 0 Å². The summed E-state index contributed by atoms with van der Waals surface area (Å²) in [6, 6.07) is 0. The van der Waals surface area contributed by atoms with Crippen LogP contribution in [0.3, 0.4) is 0 Å². The number of nitrogens with zero attached hydrogens (tertiary/aromatic N) is 3. The lowest BCUT2D eigenvalue weighted by molar-refractivity contribution is 0.480. The standard InChI is InChI=1S/C10H19N3S/c1-5-13-9(11-8-12-13)6-14-7-10(2,3)4/h8H,5-7H2,1-4H3. The first kappa shape index (κ1) is 11.6. The Hall–Kier alpha value is -0.510. The number of hydrogen-bond acceptors (Lipinski definition) is 3. The molecule has 0 aliphatic carbocycles. The van der Waals surface area contributed by atoms with Crippen molar-refractivity contribution in [3.8, 4) is 0 Å². The molecule has 4 heteroatoms. The second-order valence-electron chi connectivity index (χ2n) is 4.55. The highest BCUT2D eigenvalue weighted by Gasteiger charge is 2.11. The molecule has 14 heavy (non-hydrogen) atoms. The quantitative estimate of drug-likeness (QED) is 0.770. The van der Waals surface area contributed by atoms with Crippen molar-refractivity contribution in [2.75, 3.05) is 5.75 Å². The largest absolute Gasteiger partial charge is 0.250 e. The Balaban J connectivity index is 2.38. The molecule has 0 radical (unpaired) electrons. The van der Waals surface area contributed by atoms with Crippen molar-refractivity contribution in [1.82, 2.24) is 14.8 Å². The van der Waals surface area contributed by atoms with Gasteiger partial charge in [0.25, 0.3) is 0 Å². The van der Waals surface area contributed by atoms with Gasteiger partial charge in [-0.25, -0.2) is 9.67 Å². The topological polar surface area (TPSA) is 30.7 Å². The summed E-state index contributed by atoms with van der Waals surface area (Å²) in [4.78, 5) is 4.24. The zero-order chi connectivity index (χ0) is 10.6. The van der Waals surface area contributed by atoms with Crippen molar-refractivity contribution in [2.45, 2.75) is 40.0 Å². The van der Waals surface area contributed by atoms with Gasteiger partial charge < -0.3 is 0 Å². The number of hydrogen-bond donors (Lipinski definition) is 0. The van der Waals surface area contributed by atoms with Crippen LogP contribution < -0.4 is 0 Å². The van der Waals surface area contributed by atoms with E-state index in [0.717, 1.165) is 23.9 Å². The fourth-order valence-corrected chi connectivity index (χ4v) is 2.23. The van der Waals surface area contributed by atoms with Crippen LogP contribution in [0.25, 0.3) is 0 Å². The van der Waals surface area contributed by atoms with Gasteiger partial charge in [-0.05, 0) is 18.1 Å². The summed E-state index contributed by atoms with van der Waals surface area (Å²) >= 11 is 1.92. The lowest BCUT2D eigenvalue weighted by Crippen LogP contribution is -2.09. The highest BCUT2D eigenvalue weighted by molar-refractivity contribution is 7.98. The van der Waals surface area contributed by atoms with Crippen LogP contribution in [0, 0.1) is 5.41 Å². The molecule has 0 saturated carbocycles. The number of rotatable bonds is 4. The van der Waals surface area contributed by atoms with Crippen LogP contribution in [0.1, 0.15) is 33.5 Å². The fraction of sp³-hybridized carbons (Fsp3) is 0.800. The smallest absolute Gasteiger partial charge is 0.138 e. The first-order valence-electron chi connectivity index (χ1n) is 4.97. The van der Waals surface area contributed by atoms with E-state index >= 15 is 0 Å². The third-order valence-corrected chi connectivity index (χ3v) is 3.29. The van der Waals surface area contributed by atoms with Crippen LogP contribution in [0.4, 0.5) is 0 Å². The van der Waals surface area contributed by atoms with E-state index in [1.165, 1.54) is 0 Å². The van der Waals surface area contributed by atoms with Gasteiger partial charge >= 0.3 is 0 Å². The minimum absolute atomic E-state index is 0.391. The minimum atomic E-state index is 0.391. The van der Waals surface area contributed by atoms with E-state index < -0.39 is 0 Å². The van der Waals surface area contributed by atoms with Gasteiger partial charge in [0, 0.05) is 6.54 Å². The van der Waals surface area contributed by atoms with Crippen LogP contribution in [0.5, 0.6) is 0 Å². The third kappa shape index (κ3) is 3.70. The van der Waals surface area contributed by atoms with E-state index in [0.29, 0.717) is 5.41 Å². The van der Waals surface area contributed by atoms with Crippen molar-refractivity contribution in [3.05, 3.63) is 12.2 Å². The fourth-order valence-electron chi connectivity index (χ4n) is 1.11. The zero-order valence-electron chi connectivity index (χ0n) is 9.45. The average Bonchev–Trinajstić information content (AvgIpc) is 2.49. The van der Waals surface area contributed by atoms with Crippen molar-refractivity contribution in [2.24, 2.45) is 5.41 Å². The molecule has 0 N–H and O–H groups in total. The van der Waals surface area contributed by atoms with E-state index in [1.807, 2.05) is 16.4 Å². The molecule has 0 aliphatic rings. The van der Waals surface area contributed by atoms with Gasteiger partial charge in [0.2, 0.25) is 0 Å². The van der Waals surface area contributed by atoms with Crippen molar-refractivity contribution in [1.29, 1.82) is 0 Å². The van der Waals surface area contributed by atoms with Gasteiger partial charge in [0.05, 0.1) is 5.75 Å². The molecule has 1 heterocycles. The molecule has 80 valence electrons. The van der Waals surface area contributed by atoms with Gasteiger partial charge in [0.15, 0.2) is 0 Å². The molecule has 0 atom stereocenters. The molecule has 0 aliphatic heterocycles. The molecule has 3 nitrogen and oxygen atoms in total. The summed E-state index contributed by atoms with van der Waals surface area (Å²) in [6.07, 6.45) is 1.64. The van der Waals surface area contributed by atoms with Crippen molar-refractivity contribution < 1.29 is 0 Å². The Labute approximate surface area is 90.3 Å². The van der Waals surface area contributed by atoms with Gasteiger partial charge in [-0.2, -0.15) is 16.9 Å². The van der Waals surface area contributed by atoms with E-state index in [-0.39, 0.29) is 0 Å². The molecular weight excluding hydrogens is 194 g/mol. The maximum atomic E-state index is 4.24. The maximum Gasteiger partial charge on any atom is 0.138 e. The monoisotopic (exact) mass is 213 g/mol. The van der Waals surface area contributed by atoms with Gasteiger partial charge in [-0.3, -0.25) is 0 Å². The first-order valence-corrected chi connectivity index (χ1v) is 6.13. The van der Waals surface area contributed by atoms with E-state index in [2.05, 4.69) is 37.8 Å². The van der Waals surface area contributed by atoms with Crippen LogP contribution in [-0.4, -0.2) is 20.5 Å². The molecule has 1 aromatic rings. The molecule has 1 rings (SSSR count). The van der Waals surface area contributed by atoms with Gasteiger partial charge in [-0.15, -0.1) is 0 Å². The molecule has 1 aromatic heterocycles. The van der Waals surface area contributed by atoms with Crippen LogP contribution in [-0.2, 0) is 12.3 Å². The number of thioether (sulfide) groups is 1. The summed E-state index contributed by atoms with van der Waals surface area (Å²) < 4.78 is 1.95.